The van der Waals surface area contributed by atoms with Crippen molar-refractivity contribution in [3.63, 3.8) is 0 Å². The molecule has 2 N–H and O–H groups in total. The van der Waals surface area contributed by atoms with Crippen LogP contribution in [0.25, 0.3) is 0 Å². The number of halogens is 1. The molecule has 0 bridgehead atoms. The Balaban J connectivity index is 1.94. The van der Waals surface area contributed by atoms with Crippen LogP contribution in [-0.2, 0) is 11.3 Å². The minimum absolute atomic E-state index is 0.0225. The zero-order chi connectivity index (χ0) is 12.1. The average Bonchev–Trinajstić information content (AvgIpc) is 2.86. The standard InChI is InChI=1S/C13H14ClNOS/c14-11-5-3-10(4-6-11)9-16-12(8-15)13-2-1-7-17-13/h1-7,12H,8-9,15H2. The first-order chi connectivity index (χ1) is 8.29. The van der Waals surface area contributed by atoms with Gasteiger partial charge in [0, 0.05) is 16.4 Å². The first kappa shape index (κ1) is 12.6. The smallest absolute Gasteiger partial charge is 0.104 e. The molecule has 0 fully saturated rings. The van der Waals surface area contributed by atoms with Crippen LogP contribution in [-0.4, -0.2) is 6.54 Å². The molecule has 0 saturated heterocycles. The first-order valence-corrected chi connectivity index (χ1v) is 6.65. The molecule has 1 unspecified atom stereocenters. The van der Waals surface area contributed by atoms with E-state index in [-0.39, 0.29) is 6.10 Å². The summed E-state index contributed by atoms with van der Waals surface area (Å²) in [6, 6.07) is 11.7. The Morgan fingerprint density at radius 1 is 1.24 bits per heavy atom. The lowest BCUT2D eigenvalue weighted by Crippen LogP contribution is -2.14. The van der Waals surface area contributed by atoms with Gasteiger partial charge >= 0.3 is 0 Å². The van der Waals surface area contributed by atoms with Gasteiger partial charge in [0.2, 0.25) is 0 Å². The highest BCUT2D eigenvalue weighted by atomic mass is 35.5. The monoisotopic (exact) mass is 267 g/mol. The van der Waals surface area contributed by atoms with E-state index >= 15 is 0 Å². The molecule has 2 nitrogen and oxygen atoms in total. The summed E-state index contributed by atoms with van der Waals surface area (Å²) in [4.78, 5) is 1.17. The quantitative estimate of drug-likeness (QED) is 0.898. The third-order valence-corrected chi connectivity index (χ3v) is 3.66. The Kier molecular flexibility index (Phi) is 4.57. The second-order valence-corrected chi connectivity index (χ2v) is 5.09. The van der Waals surface area contributed by atoms with Crippen molar-refractivity contribution in [3.05, 3.63) is 57.2 Å². The molecule has 0 aliphatic rings. The predicted molar refractivity (Wildman–Crippen MR) is 72.4 cm³/mol. The SMILES string of the molecule is NCC(OCc1ccc(Cl)cc1)c1cccs1. The number of ether oxygens (including phenoxy) is 1. The number of thiophene rings is 1. The zero-order valence-corrected chi connectivity index (χ0v) is 10.9. The van der Waals surface area contributed by atoms with Gasteiger partial charge < -0.3 is 10.5 Å². The number of nitrogens with two attached hydrogens (primary N) is 1. The lowest BCUT2D eigenvalue weighted by Gasteiger charge is -2.14. The third kappa shape index (κ3) is 3.54. The average molecular weight is 268 g/mol. The maximum absolute atomic E-state index is 5.82. The molecule has 1 aromatic carbocycles. The van der Waals surface area contributed by atoms with Crippen LogP contribution in [0.1, 0.15) is 16.5 Å². The molecule has 0 aliphatic carbocycles. The van der Waals surface area contributed by atoms with Crippen LogP contribution in [0, 0.1) is 0 Å². The Hall–Kier alpha value is -0.870. The molecule has 2 aromatic rings. The van der Waals surface area contributed by atoms with E-state index in [1.807, 2.05) is 41.8 Å². The van der Waals surface area contributed by atoms with Crippen molar-refractivity contribution in [3.8, 4) is 0 Å². The van der Waals surface area contributed by atoms with Gasteiger partial charge in [-0.15, -0.1) is 11.3 Å². The van der Waals surface area contributed by atoms with Crippen LogP contribution >= 0.6 is 22.9 Å². The van der Waals surface area contributed by atoms with E-state index in [4.69, 9.17) is 22.1 Å². The minimum Gasteiger partial charge on any atom is -0.367 e. The summed E-state index contributed by atoms with van der Waals surface area (Å²) in [6.07, 6.45) is -0.0225. The summed E-state index contributed by atoms with van der Waals surface area (Å²) < 4.78 is 5.80. The van der Waals surface area contributed by atoms with Gasteiger partial charge in [-0.2, -0.15) is 0 Å². The minimum atomic E-state index is -0.0225. The fraction of sp³-hybridized carbons (Fsp3) is 0.231. The lowest BCUT2D eigenvalue weighted by atomic mass is 10.2. The van der Waals surface area contributed by atoms with Crippen LogP contribution < -0.4 is 5.73 Å². The molecule has 90 valence electrons. The maximum Gasteiger partial charge on any atom is 0.104 e. The summed E-state index contributed by atoms with van der Waals surface area (Å²) in [5.74, 6) is 0. The van der Waals surface area contributed by atoms with E-state index in [0.29, 0.717) is 13.2 Å². The number of hydrogen-bond donors (Lipinski definition) is 1. The van der Waals surface area contributed by atoms with Crippen molar-refractivity contribution in [1.82, 2.24) is 0 Å². The Labute approximate surface area is 110 Å². The summed E-state index contributed by atoms with van der Waals surface area (Å²) in [5, 5.41) is 2.77. The summed E-state index contributed by atoms with van der Waals surface area (Å²) in [6.45, 7) is 1.05. The molecule has 1 heterocycles. The molecule has 0 saturated carbocycles. The largest absolute Gasteiger partial charge is 0.367 e. The van der Waals surface area contributed by atoms with E-state index in [2.05, 4.69) is 0 Å². The van der Waals surface area contributed by atoms with E-state index in [1.54, 1.807) is 11.3 Å². The van der Waals surface area contributed by atoms with Gasteiger partial charge in [-0.25, -0.2) is 0 Å². The Bertz CT molecular complexity index is 441. The molecule has 17 heavy (non-hydrogen) atoms. The van der Waals surface area contributed by atoms with Gasteiger partial charge in [0.25, 0.3) is 0 Å². The van der Waals surface area contributed by atoms with Crippen molar-refractivity contribution < 1.29 is 4.74 Å². The highest BCUT2D eigenvalue weighted by molar-refractivity contribution is 7.10. The molecule has 2 rings (SSSR count). The highest BCUT2D eigenvalue weighted by Crippen LogP contribution is 2.23. The summed E-state index contributed by atoms with van der Waals surface area (Å²) >= 11 is 7.49. The van der Waals surface area contributed by atoms with Crippen molar-refractivity contribution in [2.75, 3.05) is 6.54 Å². The van der Waals surface area contributed by atoms with Gasteiger partial charge in [-0.05, 0) is 29.1 Å². The van der Waals surface area contributed by atoms with Gasteiger partial charge in [-0.3, -0.25) is 0 Å². The Morgan fingerprint density at radius 2 is 2.00 bits per heavy atom. The lowest BCUT2D eigenvalue weighted by molar-refractivity contribution is 0.0480. The van der Waals surface area contributed by atoms with E-state index in [9.17, 15) is 0 Å². The molecular formula is C13H14ClNOS. The van der Waals surface area contributed by atoms with Gasteiger partial charge in [0.05, 0.1) is 6.61 Å². The van der Waals surface area contributed by atoms with Crippen molar-refractivity contribution in [2.24, 2.45) is 5.73 Å². The van der Waals surface area contributed by atoms with Crippen LogP contribution in [0.4, 0.5) is 0 Å². The third-order valence-electron chi connectivity index (χ3n) is 2.44. The van der Waals surface area contributed by atoms with Crippen LogP contribution in [0.15, 0.2) is 41.8 Å². The van der Waals surface area contributed by atoms with Gasteiger partial charge in [-0.1, -0.05) is 29.8 Å². The number of benzene rings is 1. The fourth-order valence-corrected chi connectivity index (χ4v) is 2.43. The topological polar surface area (TPSA) is 35.2 Å². The van der Waals surface area contributed by atoms with Crippen LogP contribution in [0.5, 0.6) is 0 Å². The van der Waals surface area contributed by atoms with E-state index in [1.165, 1.54) is 4.88 Å². The number of hydrogen-bond acceptors (Lipinski definition) is 3. The van der Waals surface area contributed by atoms with Crippen LogP contribution in [0.3, 0.4) is 0 Å². The summed E-state index contributed by atoms with van der Waals surface area (Å²) in [5.41, 5.74) is 6.81. The molecule has 0 spiro atoms. The molecule has 1 aromatic heterocycles. The summed E-state index contributed by atoms with van der Waals surface area (Å²) in [7, 11) is 0. The fourth-order valence-electron chi connectivity index (χ4n) is 1.52. The van der Waals surface area contributed by atoms with E-state index in [0.717, 1.165) is 10.6 Å². The highest BCUT2D eigenvalue weighted by Gasteiger charge is 2.10. The van der Waals surface area contributed by atoms with Crippen molar-refractivity contribution in [2.45, 2.75) is 12.7 Å². The zero-order valence-electron chi connectivity index (χ0n) is 9.30. The van der Waals surface area contributed by atoms with Gasteiger partial charge in [0.15, 0.2) is 0 Å². The second-order valence-electron chi connectivity index (χ2n) is 3.68. The van der Waals surface area contributed by atoms with Crippen molar-refractivity contribution >= 4 is 22.9 Å². The Morgan fingerprint density at radius 3 is 2.59 bits per heavy atom. The molecule has 1 atom stereocenters. The molecule has 0 radical (unpaired) electrons. The van der Waals surface area contributed by atoms with E-state index < -0.39 is 0 Å². The van der Waals surface area contributed by atoms with Crippen molar-refractivity contribution in [1.29, 1.82) is 0 Å². The molecular weight excluding hydrogens is 254 g/mol. The number of rotatable bonds is 5. The molecule has 4 heteroatoms. The first-order valence-electron chi connectivity index (χ1n) is 5.39. The van der Waals surface area contributed by atoms with Gasteiger partial charge in [0.1, 0.15) is 6.10 Å². The molecule has 0 amide bonds. The van der Waals surface area contributed by atoms with Crippen LogP contribution in [0.2, 0.25) is 5.02 Å². The normalized spacial score (nSPS) is 12.6. The molecule has 0 aliphatic heterocycles. The predicted octanol–water partition coefficient (Wildman–Crippen LogP) is 3.62. The second kappa shape index (κ2) is 6.17. The maximum atomic E-state index is 5.82.